The van der Waals surface area contributed by atoms with Crippen LogP contribution in [0.25, 0.3) is 0 Å². The number of nitrogens with one attached hydrogen (secondary N) is 1. The normalized spacial score (nSPS) is 15.3. The van der Waals surface area contributed by atoms with Gasteiger partial charge in [-0.3, -0.25) is 0 Å². The quantitative estimate of drug-likeness (QED) is 0.811. The third-order valence-electron chi connectivity index (χ3n) is 3.32. The monoisotopic (exact) mass is 232 g/mol. The first-order valence-corrected chi connectivity index (χ1v) is 6.68. The third-order valence-corrected chi connectivity index (χ3v) is 3.32. The molecule has 1 aromatic carbocycles. The van der Waals surface area contributed by atoms with Gasteiger partial charge < -0.3 is 10.2 Å². The van der Waals surface area contributed by atoms with E-state index in [9.17, 15) is 0 Å². The molecular formula is C15H24N2. The lowest BCUT2D eigenvalue weighted by atomic mass is 10.2. The molecule has 94 valence electrons. The Morgan fingerprint density at radius 1 is 1.24 bits per heavy atom. The Morgan fingerprint density at radius 3 is 2.41 bits per heavy atom. The third kappa shape index (κ3) is 4.04. The van der Waals surface area contributed by atoms with Gasteiger partial charge in [0.25, 0.3) is 0 Å². The maximum atomic E-state index is 3.44. The maximum absolute atomic E-state index is 3.44. The molecular weight excluding hydrogens is 208 g/mol. The molecule has 0 aliphatic heterocycles. The van der Waals surface area contributed by atoms with Crippen LogP contribution >= 0.6 is 0 Å². The van der Waals surface area contributed by atoms with Crippen LogP contribution in [-0.2, 0) is 6.54 Å². The molecule has 1 saturated carbocycles. The van der Waals surface area contributed by atoms with Crippen molar-refractivity contribution < 1.29 is 0 Å². The van der Waals surface area contributed by atoms with E-state index in [2.05, 4.69) is 55.4 Å². The van der Waals surface area contributed by atoms with Crippen molar-refractivity contribution in [3.05, 3.63) is 29.8 Å². The number of anilines is 1. The first-order chi connectivity index (χ1) is 8.15. The molecule has 0 bridgehead atoms. The van der Waals surface area contributed by atoms with Gasteiger partial charge in [0.1, 0.15) is 0 Å². The number of hydrogen-bond acceptors (Lipinski definition) is 2. The van der Waals surface area contributed by atoms with Crippen molar-refractivity contribution in [1.82, 2.24) is 5.32 Å². The fraction of sp³-hybridized carbons (Fsp3) is 0.600. The van der Waals surface area contributed by atoms with E-state index in [-0.39, 0.29) is 0 Å². The van der Waals surface area contributed by atoms with Gasteiger partial charge in [0.05, 0.1) is 0 Å². The van der Waals surface area contributed by atoms with E-state index in [4.69, 9.17) is 0 Å². The van der Waals surface area contributed by atoms with Gasteiger partial charge in [-0.15, -0.1) is 0 Å². The van der Waals surface area contributed by atoms with Gasteiger partial charge in [0.15, 0.2) is 0 Å². The van der Waals surface area contributed by atoms with Crippen LogP contribution in [0.3, 0.4) is 0 Å². The molecule has 1 aliphatic rings. The Kier molecular flexibility index (Phi) is 4.06. The highest BCUT2D eigenvalue weighted by molar-refractivity contribution is 5.47. The Morgan fingerprint density at radius 2 is 1.88 bits per heavy atom. The van der Waals surface area contributed by atoms with E-state index in [1.165, 1.54) is 30.6 Å². The highest BCUT2D eigenvalue weighted by Gasteiger charge is 2.22. The average molecular weight is 232 g/mol. The Balaban J connectivity index is 1.87. The van der Waals surface area contributed by atoms with E-state index in [1.807, 2.05) is 0 Å². The lowest BCUT2D eigenvalue weighted by Gasteiger charge is -2.19. The molecule has 1 aromatic rings. The van der Waals surface area contributed by atoms with Crippen molar-refractivity contribution in [1.29, 1.82) is 0 Å². The van der Waals surface area contributed by atoms with Crippen LogP contribution in [0.15, 0.2) is 24.3 Å². The second kappa shape index (κ2) is 5.54. The highest BCUT2D eigenvalue weighted by atomic mass is 15.1. The molecule has 2 nitrogen and oxygen atoms in total. The molecule has 2 heteroatoms. The van der Waals surface area contributed by atoms with Crippen molar-refractivity contribution in [3.8, 4) is 0 Å². The van der Waals surface area contributed by atoms with Crippen LogP contribution in [0.1, 0.15) is 32.3 Å². The molecule has 0 saturated heterocycles. The molecule has 1 fully saturated rings. The summed E-state index contributed by atoms with van der Waals surface area (Å²) in [6.45, 7) is 6.53. The SMILES string of the molecule is CC(C)NCc1ccc(N(C)CC2CC2)cc1. The summed E-state index contributed by atoms with van der Waals surface area (Å²) < 4.78 is 0. The topological polar surface area (TPSA) is 15.3 Å². The van der Waals surface area contributed by atoms with Crippen molar-refractivity contribution >= 4 is 5.69 Å². The summed E-state index contributed by atoms with van der Waals surface area (Å²) in [7, 11) is 2.19. The van der Waals surface area contributed by atoms with Crippen LogP contribution < -0.4 is 10.2 Å². The predicted octanol–water partition coefficient (Wildman–Crippen LogP) is 3.03. The minimum Gasteiger partial charge on any atom is -0.374 e. The summed E-state index contributed by atoms with van der Waals surface area (Å²) in [5.74, 6) is 0.947. The van der Waals surface area contributed by atoms with Gasteiger partial charge in [0, 0.05) is 31.9 Å². The number of hydrogen-bond donors (Lipinski definition) is 1. The molecule has 0 unspecified atom stereocenters. The summed E-state index contributed by atoms with van der Waals surface area (Å²) >= 11 is 0. The zero-order valence-corrected chi connectivity index (χ0v) is 11.2. The standard InChI is InChI=1S/C15H24N2/c1-12(2)16-10-13-6-8-15(9-7-13)17(3)11-14-4-5-14/h6-9,12,14,16H,4-5,10-11H2,1-3H3. The zero-order chi connectivity index (χ0) is 12.3. The summed E-state index contributed by atoms with van der Waals surface area (Å²) in [5, 5.41) is 3.44. The largest absolute Gasteiger partial charge is 0.374 e. The predicted molar refractivity (Wildman–Crippen MR) is 74.4 cm³/mol. The van der Waals surface area contributed by atoms with Crippen molar-refractivity contribution in [3.63, 3.8) is 0 Å². The average Bonchev–Trinajstić information content (AvgIpc) is 3.11. The van der Waals surface area contributed by atoms with Crippen LogP contribution in [-0.4, -0.2) is 19.6 Å². The van der Waals surface area contributed by atoms with Gasteiger partial charge >= 0.3 is 0 Å². The summed E-state index contributed by atoms with van der Waals surface area (Å²) in [6, 6.07) is 9.48. The number of nitrogens with zero attached hydrogens (tertiary/aromatic N) is 1. The fourth-order valence-corrected chi connectivity index (χ4v) is 1.98. The van der Waals surface area contributed by atoms with Gasteiger partial charge in [0.2, 0.25) is 0 Å². The summed E-state index contributed by atoms with van der Waals surface area (Å²) in [4.78, 5) is 2.37. The second-order valence-electron chi connectivity index (χ2n) is 5.53. The molecule has 0 atom stereocenters. The van der Waals surface area contributed by atoms with Crippen LogP contribution in [0.5, 0.6) is 0 Å². The van der Waals surface area contributed by atoms with E-state index < -0.39 is 0 Å². The molecule has 0 spiro atoms. The van der Waals surface area contributed by atoms with Gasteiger partial charge in [-0.05, 0) is 36.5 Å². The Hall–Kier alpha value is -1.02. The maximum Gasteiger partial charge on any atom is 0.0363 e. The highest BCUT2D eigenvalue weighted by Crippen LogP contribution is 2.30. The lowest BCUT2D eigenvalue weighted by Crippen LogP contribution is -2.22. The Bertz CT molecular complexity index is 338. The first-order valence-electron chi connectivity index (χ1n) is 6.68. The van der Waals surface area contributed by atoms with Crippen molar-refractivity contribution in [2.75, 3.05) is 18.5 Å². The van der Waals surface area contributed by atoms with E-state index in [0.717, 1.165) is 12.5 Å². The van der Waals surface area contributed by atoms with Gasteiger partial charge in [-0.2, -0.15) is 0 Å². The van der Waals surface area contributed by atoms with Crippen molar-refractivity contribution in [2.45, 2.75) is 39.3 Å². The molecule has 1 aliphatic carbocycles. The summed E-state index contributed by atoms with van der Waals surface area (Å²) in [5.41, 5.74) is 2.70. The van der Waals surface area contributed by atoms with Gasteiger partial charge in [-0.25, -0.2) is 0 Å². The minimum absolute atomic E-state index is 0.548. The zero-order valence-electron chi connectivity index (χ0n) is 11.2. The molecule has 0 aromatic heterocycles. The van der Waals surface area contributed by atoms with E-state index >= 15 is 0 Å². The van der Waals surface area contributed by atoms with Crippen LogP contribution in [0.4, 0.5) is 5.69 Å². The Labute approximate surface area is 105 Å². The van der Waals surface area contributed by atoms with E-state index in [1.54, 1.807) is 0 Å². The molecule has 0 heterocycles. The molecule has 2 rings (SSSR count). The second-order valence-corrected chi connectivity index (χ2v) is 5.53. The smallest absolute Gasteiger partial charge is 0.0363 e. The lowest BCUT2D eigenvalue weighted by molar-refractivity contribution is 0.589. The van der Waals surface area contributed by atoms with Crippen molar-refractivity contribution in [2.24, 2.45) is 5.92 Å². The number of rotatable bonds is 6. The summed E-state index contributed by atoms with van der Waals surface area (Å²) in [6.07, 6.45) is 2.83. The minimum atomic E-state index is 0.548. The first kappa shape index (κ1) is 12.4. The molecule has 17 heavy (non-hydrogen) atoms. The number of benzene rings is 1. The molecule has 0 radical (unpaired) electrons. The fourth-order valence-electron chi connectivity index (χ4n) is 1.98. The van der Waals surface area contributed by atoms with Crippen LogP contribution in [0.2, 0.25) is 0 Å². The van der Waals surface area contributed by atoms with Crippen LogP contribution in [0, 0.1) is 5.92 Å². The molecule has 0 amide bonds. The molecule has 1 N–H and O–H groups in total. The van der Waals surface area contributed by atoms with Gasteiger partial charge in [-0.1, -0.05) is 26.0 Å². The van der Waals surface area contributed by atoms with E-state index in [0.29, 0.717) is 6.04 Å².